The van der Waals surface area contributed by atoms with Gasteiger partial charge in [-0.3, -0.25) is 9.59 Å². The number of phenolic OH excluding ortho intramolecular Hbond substituents is 3. The van der Waals surface area contributed by atoms with Crippen LogP contribution in [0.5, 0.6) is 17.2 Å². The molecule has 1 saturated heterocycles. The summed E-state index contributed by atoms with van der Waals surface area (Å²) >= 11 is 0. The van der Waals surface area contributed by atoms with Crippen molar-refractivity contribution in [2.45, 2.75) is 37.6 Å². The highest BCUT2D eigenvalue weighted by molar-refractivity contribution is 6.61. The number of ketones is 2. The van der Waals surface area contributed by atoms with Crippen molar-refractivity contribution in [3.63, 3.8) is 0 Å². The van der Waals surface area contributed by atoms with E-state index in [-0.39, 0.29) is 28.7 Å². The molecule has 3 aromatic rings. The number of phenols is 3. The van der Waals surface area contributed by atoms with Crippen LogP contribution in [-0.2, 0) is 9.31 Å². The van der Waals surface area contributed by atoms with E-state index < -0.39 is 64.9 Å². The van der Waals surface area contributed by atoms with E-state index in [0.717, 1.165) is 0 Å². The molecule has 176 valence electrons. The van der Waals surface area contributed by atoms with E-state index in [0.29, 0.717) is 11.9 Å². The van der Waals surface area contributed by atoms with Gasteiger partial charge in [-0.25, -0.2) is 0 Å². The molecule has 0 unspecified atom stereocenters. The lowest BCUT2D eigenvalue weighted by Gasteiger charge is -2.51. The largest absolute Gasteiger partial charge is 0.507 e. The first-order valence-corrected chi connectivity index (χ1v) is 11.4. The molecule has 35 heavy (non-hydrogen) atoms. The normalized spacial score (nSPS) is 24.6. The van der Waals surface area contributed by atoms with Gasteiger partial charge in [-0.2, -0.15) is 0 Å². The molecule has 1 heterocycles. The smallest absolute Gasteiger partial charge is 0.494 e. The van der Waals surface area contributed by atoms with Crippen LogP contribution in [0.4, 0.5) is 0 Å². The van der Waals surface area contributed by atoms with Gasteiger partial charge in [-0.1, -0.05) is 49.4 Å². The van der Waals surface area contributed by atoms with Crippen molar-refractivity contribution in [3.05, 3.63) is 81.9 Å². The van der Waals surface area contributed by atoms with Crippen molar-refractivity contribution in [1.29, 1.82) is 0 Å². The van der Waals surface area contributed by atoms with Gasteiger partial charge in [-0.15, -0.1) is 0 Å². The van der Waals surface area contributed by atoms with Gasteiger partial charge in [0.15, 0.2) is 5.78 Å². The van der Waals surface area contributed by atoms with E-state index in [1.807, 2.05) is 37.3 Å². The zero-order valence-electron chi connectivity index (χ0n) is 18.7. The molecule has 3 aliphatic rings. The van der Waals surface area contributed by atoms with Gasteiger partial charge in [0.25, 0.3) is 0 Å². The molecule has 2 aliphatic carbocycles. The van der Waals surface area contributed by atoms with Gasteiger partial charge in [0, 0.05) is 23.1 Å². The lowest BCUT2D eigenvalue weighted by molar-refractivity contribution is -0.140. The van der Waals surface area contributed by atoms with Crippen LogP contribution < -0.4 is 5.46 Å². The summed E-state index contributed by atoms with van der Waals surface area (Å²) < 4.78 is 12.4. The minimum absolute atomic E-state index is 0.0436. The fraction of sp³-hybridized carbons (Fsp3) is 0.231. The Hall–Kier alpha value is -3.66. The molecule has 1 fully saturated rings. The van der Waals surface area contributed by atoms with Crippen LogP contribution in [0.1, 0.15) is 74.9 Å². The van der Waals surface area contributed by atoms with E-state index in [4.69, 9.17) is 9.31 Å². The summed E-state index contributed by atoms with van der Waals surface area (Å²) in [5, 5.41) is 44.4. The number of carbonyl (C=O) groups excluding carboxylic acids is 2. The van der Waals surface area contributed by atoms with Crippen molar-refractivity contribution < 1.29 is 39.3 Å². The van der Waals surface area contributed by atoms with Crippen LogP contribution in [0, 0.1) is 0 Å². The van der Waals surface area contributed by atoms with E-state index in [9.17, 15) is 30.0 Å². The third kappa shape index (κ3) is 2.80. The van der Waals surface area contributed by atoms with Crippen molar-refractivity contribution in [2.75, 3.05) is 0 Å². The lowest BCUT2D eigenvalue weighted by atomic mass is 9.65. The van der Waals surface area contributed by atoms with Crippen molar-refractivity contribution in [2.24, 2.45) is 0 Å². The van der Waals surface area contributed by atoms with Crippen LogP contribution >= 0.6 is 0 Å². The van der Waals surface area contributed by atoms with Gasteiger partial charge < -0.3 is 29.7 Å². The summed E-state index contributed by atoms with van der Waals surface area (Å²) in [7, 11) is -0.864. The van der Waals surface area contributed by atoms with Crippen LogP contribution in [0.2, 0.25) is 0 Å². The molecule has 0 spiro atoms. The Bertz CT molecular complexity index is 1420. The maximum atomic E-state index is 13.4. The third-order valence-corrected chi connectivity index (χ3v) is 7.42. The van der Waals surface area contributed by atoms with Gasteiger partial charge >= 0.3 is 7.12 Å². The first kappa shape index (κ1) is 21.9. The lowest BCUT2D eigenvalue weighted by Crippen LogP contribution is -2.57. The van der Waals surface area contributed by atoms with E-state index >= 15 is 0 Å². The fourth-order valence-electron chi connectivity index (χ4n) is 5.62. The van der Waals surface area contributed by atoms with Crippen LogP contribution in [0.15, 0.2) is 48.5 Å². The highest BCUT2D eigenvalue weighted by atomic mass is 16.6. The highest BCUT2D eigenvalue weighted by Crippen LogP contribution is 2.58. The number of aliphatic hydroxyl groups is 1. The van der Waals surface area contributed by atoms with E-state index in [1.165, 1.54) is 18.2 Å². The first-order valence-electron chi connectivity index (χ1n) is 11.4. The van der Waals surface area contributed by atoms with Gasteiger partial charge in [0.1, 0.15) is 23.4 Å². The van der Waals surface area contributed by atoms with E-state index in [2.05, 4.69) is 0 Å². The summed E-state index contributed by atoms with van der Waals surface area (Å²) in [6, 6.07) is 13.2. The number of hydrogen-bond donors (Lipinski definition) is 4. The molecule has 0 saturated carbocycles. The molecule has 4 N–H and O–H groups in total. The molecule has 3 atom stereocenters. The standard InChI is InChI=1S/C26H21BO8/c1-2-26-11-15(34-27(35-26)12-7-4-3-5-8-12)17-20(25(26)33)24(32)18-19(23(17)31)22(30)16-13(21(18)29)9-6-10-14(16)28/h3-10,15,25,28,31-33H,2,11H2,1H3/t15-,25+,26+/m0/s1. The minimum Gasteiger partial charge on any atom is -0.507 e. The maximum absolute atomic E-state index is 13.4. The van der Waals surface area contributed by atoms with Crippen molar-refractivity contribution in [1.82, 2.24) is 0 Å². The highest BCUT2D eigenvalue weighted by Gasteiger charge is 2.56. The summed E-state index contributed by atoms with van der Waals surface area (Å²) in [5.41, 5.74) is -1.66. The molecule has 0 aromatic heterocycles. The second-order valence-electron chi connectivity index (χ2n) is 9.14. The number of aromatic hydroxyl groups is 3. The molecule has 8 nitrogen and oxygen atoms in total. The summed E-state index contributed by atoms with van der Waals surface area (Å²) in [4.78, 5) is 26.7. The van der Waals surface area contributed by atoms with Crippen molar-refractivity contribution >= 4 is 24.1 Å². The second-order valence-corrected chi connectivity index (χ2v) is 9.14. The SMILES string of the molecule is CC[C@]12C[C@H](OB(c3ccccc3)O1)c1c(O)c3c(c(O)c1[C@H]2O)C(=O)c1cccc(O)c1C3=O. The minimum atomic E-state index is -1.40. The van der Waals surface area contributed by atoms with Crippen LogP contribution in [0.25, 0.3) is 0 Å². The number of rotatable bonds is 2. The first-order chi connectivity index (χ1) is 16.8. The number of hydrogen-bond acceptors (Lipinski definition) is 8. The molecule has 0 radical (unpaired) electrons. The molecular weight excluding hydrogens is 451 g/mol. The molecule has 9 heteroatoms. The Labute approximate surface area is 200 Å². The fourth-order valence-corrected chi connectivity index (χ4v) is 5.62. The van der Waals surface area contributed by atoms with E-state index in [1.54, 1.807) is 0 Å². The third-order valence-electron chi connectivity index (χ3n) is 7.42. The summed E-state index contributed by atoms with van der Waals surface area (Å²) in [6.07, 6.45) is -1.72. The Morgan fingerprint density at radius 2 is 1.60 bits per heavy atom. The van der Waals surface area contributed by atoms with Gasteiger partial charge in [0.05, 0.1) is 28.4 Å². The zero-order chi connectivity index (χ0) is 24.6. The number of aliphatic hydroxyl groups excluding tert-OH is 1. The Morgan fingerprint density at radius 3 is 2.31 bits per heavy atom. The van der Waals surface area contributed by atoms with Gasteiger partial charge in [-0.05, 0) is 17.9 Å². The summed E-state index contributed by atoms with van der Waals surface area (Å²) in [6.45, 7) is 1.83. The molecule has 1 aliphatic heterocycles. The molecular formula is C26H21BO8. The number of carbonyl (C=O) groups is 2. The number of benzene rings is 3. The predicted octanol–water partition coefficient (Wildman–Crippen LogP) is 2.65. The molecule has 3 aromatic carbocycles. The quantitative estimate of drug-likeness (QED) is 0.259. The molecule has 2 bridgehead atoms. The van der Waals surface area contributed by atoms with Crippen LogP contribution in [-0.4, -0.2) is 44.7 Å². The molecule has 0 amide bonds. The summed E-state index contributed by atoms with van der Waals surface area (Å²) in [5.74, 6) is -3.09. The van der Waals surface area contributed by atoms with Gasteiger partial charge in [0.2, 0.25) is 5.78 Å². The number of fused-ring (bicyclic) bond motifs is 6. The monoisotopic (exact) mass is 472 g/mol. The maximum Gasteiger partial charge on any atom is 0.494 e. The van der Waals surface area contributed by atoms with Crippen molar-refractivity contribution in [3.8, 4) is 17.2 Å². The predicted molar refractivity (Wildman–Crippen MR) is 124 cm³/mol. The zero-order valence-corrected chi connectivity index (χ0v) is 18.7. The molecule has 6 rings (SSSR count). The average molecular weight is 472 g/mol. The Balaban J connectivity index is 1.59. The Kier molecular flexibility index (Phi) is 4.63. The Morgan fingerprint density at radius 1 is 0.914 bits per heavy atom. The average Bonchev–Trinajstić information content (AvgIpc) is 2.87. The second kappa shape index (κ2) is 7.42. The topological polar surface area (TPSA) is 134 Å². The van der Waals surface area contributed by atoms with Crippen LogP contribution in [0.3, 0.4) is 0 Å².